The minimum atomic E-state index is -0.130. The van der Waals surface area contributed by atoms with E-state index in [0.717, 1.165) is 5.56 Å². The number of halogens is 2. The van der Waals surface area contributed by atoms with Crippen molar-refractivity contribution in [1.82, 2.24) is 0 Å². The Morgan fingerprint density at radius 1 is 1.04 bits per heavy atom. The highest BCUT2D eigenvalue weighted by Crippen LogP contribution is 2.34. The Balaban J connectivity index is 1.82. The summed E-state index contributed by atoms with van der Waals surface area (Å²) < 4.78 is 0. The van der Waals surface area contributed by atoms with E-state index < -0.39 is 0 Å². The molecule has 0 heterocycles. The molecule has 1 unspecified atom stereocenters. The van der Waals surface area contributed by atoms with Crippen molar-refractivity contribution in [3.8, 4) is 0 Å². The largest absolute Gasteiger partial charge is 0.511 e. The Kier molecular flexibility index (Phi) is 5.03. The Hall–Kier alpha value is -2.10. The summed E-state index contributed by atoms with van der Waals surface area (Å²) in [6.45, 7) is 0. The number of allylic oxidation sites excluding steroid dienone is 2. The fourth-order valence-corrected chi connectivity index (χ4v) is 3.13. The molecule has 3 rings (SSSR count). The van der Waals surface area contributed by atoms with E-state index in [1.165, 1.54) is 6.21 Å². The molecule has 5 heteroatoms. The van der Waals surface area contributed by atoms with Crippen molar-refractivity contribution in [2.24, 2.45) is 4.99 Å². The van der Waals surface area contributed by atoms with Gasteiger partial charge < -0.3 is 5.11 Å². The third kappa shape index (κ3) is 3.86. The highest BCUT2D eigenvalue weighted by Gasteiger charge is 2.27. The molecule has 0 aromatic heterocycles. The SMILES string of the molecule is O=C1CC(c2cccc(Cl)c2)CC(O)=C1C=Nc1cccc(Cl)c1. The molecule has 1 aliphatic rings. The average molecular weight is 360 g/mol. The lowest BCUT2D eigenvalue weighted by Crippen LogP contribution is -2.19. The first kappa shape index (κ1) is 16.7. The zero-order chi connectivity index (χ0) is 17.1. The first-order valence-corrected chi connectivity index (χ1v) is 8.29. The predicted octanol–water partition coefficient (Wildman–Crippen LogP) is 5.65. The van der Waals surface area contributed by atoms with Gasteiger partial charge in [0, 0.05) is 29.1 Å². The molecule has 1 N–H and O–H groups in total. The van der Waals surface area contributed by atoms with Gasteiger partial charge in [-0.3, -0.25) is 9.79 Å². The number of hydrogen-bond donors (Lipinski definition) is 1. The molecule has 2 aromatic rings. The smallest absolute Gasteiger partial charge is 0.168 e. The molecule has 0 aliphatic heterocycles. The maximum absolute atomic E-state index is 12.4. The number of carbonyl (C=O) groups is 1. The molecule has 2 aromatic carbocycles. The molecule has 122 valence electrons. The van der Waals surface area contributed by atoms with Crippen molar-refractivity contribution >= 4 is 40.9 Å². The van der Waals surface area contributed by atoms with Crippen LogP contribution >= 0.6 is 23.2 Å². The van der Waals surface area contributed by atoms with Crippen LogP contribution in [-0.2, 0) is 4.79 Å². The summed E-state index contributed by atoms with van der Waals surface area (Å²) in [4.78, 5) is 16.6. The van der Waals surface area contributed by atoms with Crippen LogP contribution in [0.2, 0.25) is 10.0 Å². The molecular formula is C19H15Cl2NO2. The quantitative estimate of drug-likeness (QED) is 0.719. The summed E-state index contributed by atoms with van der Waals surface area (Å²) in [6, 6.07) is 14.4. The predicted molar refractivity (Wildman–Crippen MR) is 97.7 cm³/mol. The van der Waals surface area contributed by atoms with Crippen LogP contribution in [0, 0.1) is 0 Å². The molecule has 0 bridgehead atoms. The number of nitrogens with zero attached hydrogens (tertiary/aromatic N) is 1. The Bertz CT molecular complexity index is 843. The van der Waals surface area contributed by atoms with Gasteiger partial charge in [0.2, 0.25) is 0 Å². The van der Waals surface area contributed by atoms with Crippen LogP contribution in [0.4, 0.5) is 5.69 Å². The summed E-state index contributed by atoms with van der Waals surface area (Å²) >= 11 is 11.9. The molecule has 1 atom stereocenters. The maximum atomic E-state index is 12.4. The minimum absolute atomic E-state index is 0.0574. The van der Waals surface area contributed by atoms with Crippen LogP contribution in [0.25, 0.3) is 0 Å². The van der Waals surface area contributed by atoms with Crippen molar-refractivity contribution in [3.05, 3.63) is 75.5 Å². The van der Waals surface area contributed by atoms with E-state index in [1.54, 1.807) is 30.3 Å². The van der Waals surface area contributed by atoms with Crippen molar-refractivity contribution in [3.63, 3.8) is 0 Å². The van der Waals surface area contributed by atoms with E-state index in [9.17, 15) is 9.90 Å². The van der Waals surface area contributed by atoms with Gasteiger partial charge in [0.25, 0.3) is 0 Å². The first-order valence-electron chi connectivity index (χ1n) is 7.53. The number of benzene rings is 2. The zero-order valence-corrected chi connectivity index (χ0v) is 14.3. The molecule has 3 nitrogen and oxygen atoms in total. The number of hydrogen-bond acceptors (Lipinski definition) is 3. The van der Waals surface area contributed by atoms with Crippen LogP contribution in [0.3, 0.4) is 0 Å². The Labute approximate surface area is 150 Å². The van der Waals surface area contributed by atoms with Crippen LogP contribution in [0.5, 0.6) is 0 Å². The number of rotatable bonds is 3. The molecule has 0 amide bonds. The molecule has 1 aliphatic carbocycles. The topological polar surface area (TPSA) is 49.7 Å². The molecular weight excluding hydrogens is 345 g/mol. The molecule has 0 fully saturated rings. The number of Topliss-reactive ketones (excluding diaryl/α,β-unsaturated/α-hetero) is 1. The number of aliphatic imine (C=N–C) groups is 1. The van der Waals surface area contributed by atoms with Crippen molar-refractivity contribution in [1.29, 1.82) is 0 Å². The normalized spacial score (nSPS) is 18.4. The lowest BCUT2D eigenvalue weighted by Gasteiger charge is -2.22. The van der Waals surface area contributed by atoms with Crippen molar-refractivity contribution in [2.45, 2.75) is 18.8 Å². The second kappa shape index (κ2) is 7.20. The first-order chi connectivity index (χ1) is 11.5. The van der Waals surface area contributed by atoms with E-state index in [0.29, 0.717) is 28.6 Å². The summed E-state index contributed by atoms with van der Waals surface area (Å²) in [5.74, 6) is -0.143. The summed E-state index contributed by atoms with van der Waals surface area (Å²) in [5, 5.41) is 11.5. The number of aliphatic hydroxyl groups excluding tert-OH is 1. The number of aliphatic hydroxyl groups is 1. The summed E-state index contributed by atoms with van der Waals surface area (Å²) in [6.07, 6.45) is 2.13. The lowest BCUT2D eigenvalue weighted by molar-refractivity contribution is -0.116. The lowest BCUT2D eigenvalue weighted by atomic mass is 9.83. The summed E-state index contributed by atoms with van der Waals surface area (Å²) in [7, 11) is 0. The minimum Gasteiger partial charge on any atom is -0.511 e. The second-order valence-corrected chi connectivity index (χ2v) is 6.55. The van der Waals surface area contributed by atoms with Gasteiger partial charge in [-0.2, -0.15) is 0 Å². The average Bonchev–Trinajstić information content (AvgIpc) is 2.54. The van der Waals surface area contributed by atoms with Gasteiger partial charge in [0.15, 0.2) is 5.78 Å². The molecule has 24 heavy (non-hydrogen) atoms. The molecule has 0 spiro atoms. The van der Waals surface area contributed by atoms with Crippen molar-refractivity contribution in [2.75, 3.05) is 0 Å². The van der Waals surface area contributed by atoms with E-state index in [-0.39, 0.29) is 23.0 Å². The summed E-state index contributed by atoms with van der Waals surface area (Å²) in [5.41, 5.74) is 1.84. The fourth-order valence-electron chi connectivity index (χ4n) is 2.75. The van der Waals surface area contributed by atoms with Crippen LogP contribution in [0.15, 0.2) is 64.9 Å². The second-order valence-electron chi connectivity index (χ2n) is 5.68. The van der Waals surface area contributed by atoms with E-state index in [2.05, 4.69) is 4.99 Å². The standard InChI is InChI=1S/C19H15Cl2NO2/c20-14-4-1-3-12(7-14)13-8-18(23)17(19(24)9-13)11-22-16-6-2-5-15(21)10-16/h1-7,10-11,13,23H,8-9H2. The molecule has 0 saturated carbocycles. The van der Waals surface area contributed by atoms with Gasteiger partial charge in [-0.15, -0.1) is 0 Å². The Morgan fingerprint density at radius 2 is 1.75 bits per heavy atom. The number of carbonyl (C=O) groups excluding carboxylic acids is 1. The van der Waals surface area contributed by atoms with Gasteiger partial charge in [-0.1, -0.05) is 41.4 Å². The van der Waals surface area contributed by atoms with Gasteiger partial charge in [0.05, 0.1) is 11.3 Å². The molecule has 0 saturated heterocycles. The van der Waals surface area contributed by atoms with Crippen LogP contribution < -0.4 is 0 Å². The maximum Gasteiger partial charge on any atom is 0.168 e. The third-order valence-corrected chi connectivity index (χ3v) is 4.42. The highest BCUT2D eigenvalue weighted by atomic mass is 35.5. The fraction of sp³-hybridized carbons (Fsp3) is 0.158. The van der Waals surface area contributed by atoms with Crippen LogP contribution in [0.1, 0.15) is 24.3 Å². The van der Waals surface area contributed by atoms with E-state index in [4.69, 9.17) is 23.2 Å². The number of ketones is 1. The van der Waals surface area contributed by atoms with E-state index >= 15 is 0 Å². The Morgan fingerprint density at radius 3 is 2.42 bits per heavy atom. The highest BCUT2D eigenvalue weighted by molar-refractivity contribution is 6.31. The van der Waals surface area contributed by atoms with Gasteiger partial charge >= 0.3 is 0 Å². The molecule has 0 radical (unpaired) electrons. The van der Waals surface area contributed by atoms with E-state index in [1.807, 2.05) is 18.2 Å². The van der Waals surface area contributed by atoms with Crippen LogP contribution in [-0.4, -0.2) is 17.1 Å². The van der Waals surface area contributed by atoms with Gasteiger partial charge in [-0.25, -0.2) is 0 Å². The third-order valence-electron chi connectivity index (χ3n) is 3.95. The van der Waals surface area contributed by atoms with Crippen molar-refractivity contribution < 1.29 is 9.90 Å². The zero-order valence-electron chi connectivity index (χ0n) is 12.7. The monoisotopic (exact) mass is 359 g/mol. The van der Waals surface area contributed by atoms with Gasteiger partial charge in [-0.05, 0) is 41.8 Å². The van der Waals surface area contributed by atoms with Gasteiger partial charge in [0.1, 0.15) is 5.76 Å².